The Hall–Kier alpha value is -3.30. The molecule has 0 spiro atoms. The average Bonchev–Trinajstić information content (AvgIpc) is 3.28. The quantitative estimate of drug-likeness (QED) is 0.340. The van der Waals surface area contributed by atoms with Crippen molar-refractivity contribution >= 4 is 28.7 Å². The van der Waals surface area contributed by atoms with Crippen LogP contribution in [0.3, 0.4) is 0 Å². The van der Waals surface area contributed by atoms with Gasteiger partial charge < -0.3 is 34.5 Å². The molecular weight excluding hydrogens is 460 g/mol. The molecule has 0 radical (unpaired) electrons. The number of rotatable bonds is 9. The standard InChI is InChI=1S/C26H34N6O2S/c1-20-18-27-19-32(20)12-4-11-28-26(35)29-21-5-10-24(25(17-21)33-3)34-23-8-6-22(7-9-23)31-15-13-30(2)14-16-31/h5-10,17-19H,4,11-16H2,1-3H3,(H2,28,29,35). The number of aromatic nitrogens is 2. The molecule has 0 bridgehead atoms. The minimum absolute atomic E-state index is 0.572. The van der Waals surface area contributed by atoms with E-state index in [1.807, 2.05) is 42.9 Å². The Morgan fingerprint density at radius 3 is 2.51 bits per heavy atom. The van der Waals surface area contributed by atoms with Gasteiger partial charge >= 0.3 is 0 Å². The lowest BCUT2D eigenvalue weighted by Crippen LogP contribution is -2.44. The number of methoxy groups -OCH3 is 1. The number of nitrogens with zero attached hydrogens (tertiary/aromatic N) is 4. The van der Waals surface area contributed by atoms with Gasteiger partial charge in [-0.3, -0.25) is 0 Å². The largest absolute Gasteiger partial charge is 0.493 e. The zero-order chi connectivity index (χ0) is 24.6. The Morgan fingerprint density at radius 2 is 1.83 bits per heavy atom. The molecule has 2 heterocycles. The molecule has 1 saturated heterocycles. The zero-order valence-corrected chi connectivity index (χ0v) is 21.5. The van der Waals surface area contributed by atoms with Crippen molar-refractivity contribution in [3.05, 3.63) is 60.7 Å². The van der Waals surface area contributed by atoms with Crippen LogP contribution >= 0.6 is 12.2 Å². The maximum Gasteiger partial charge on any atom is 0.170 e. The Morgan fingerprint density at radius 1 is 1.06 bits per heavy atom. The predicted molar refractivity (Wildman–Crippen MR) is 145 cm³/mol. The first-order chi connectivity index (χ1) is 17.0. The first kappa shape index (κ1) is 24.8. The van der Waals surface area contributed by atoms with Crippen LogP contribution < -0.4 is 25.0 Å². The highest BCUT2D eigenvalue weighted by molar-refractivity contribution is 7.80. The molecule has 2 aromatic carbocycles. The number of piperazine rings is 1. The Balaban J connectivity index is 1.28. The Bertz CT molecular complexity index is 1110. The van der Waals surface area contributed by atoms with Gasteiger partial charge in [-0.05, 0) is 69.0 Å². The molecule has 1 aromatic heterocycles. The molecule has 0 unspecified atom stereocenters. The number of imidazole rings is 1. The maximum atomic E-state index is 6.11. The van der Waals surface area contributed by atoms with Gasteiger partial charge in [0.15, 0.2) is 16.6 Å². The fourth-order valence-electron chi connectivity index (χ4n) is 3.99. The molecule has 9 heteroatoms. The summed E-state index contributed by atoms with van der Waals surface area (Å²) in [4.78, 5) is 8.90. The van der Waals surface area contributed by atoms with Gasteiger partial charge in [0.25, 0.3) is 0 Å². The van der Waals surface area contributed by atoms with Gasteiger partial charge in [0.2, 0.25) is 0 Å². The third-order valence-electron chi connectivity index (χ3n) is 6.14. The van der Waals surface area contributed by atoms with E-state index >= 15 is 0 Å². The molecule has 2 N–H and O–H groups in total. The number of nitrogens with one attached hydrogen (secondary N) is 2. The van der Waals surface area contributed by atoms with E-state index in [9.17, 15) is 0 Å². The molecule has 0 atom stereocenters. The second kappa shape index (κ2) is 11.9. The zero-order valence-electron chi connectivity index (χ0n) is 20.7. The fourth-order valence-corrected chi connectivity index (χ4v) is 4.21. The molecular formula is C26H34N6O2S. The number of hydrogen-bond donors (Lipinski definition) is 2. The average molecular weight is 495 g/mol. The van der Waals surface area contributed by atoms with Crippen LogP contribution in [0, 0.1) is 6.92 Å². The topological polar surface area (TPSA) is 66.8 Å². The SMILES string of the molecule is COc1cc(NC(=S)NCCCn2cncc2C)ccc1Oc1ccc(N2CCN(C)CC2)cc1. The highest BCUT2D eigenvalue weighted by Crippen LogP contribution is 2.34. The number of likely N-dealkylation sites (N-methyl/N-ethyl adjacent to an activating group) is 1. The van der Waals surface area contributed by atoms with Gasteiger partial charge in [0.05, 0.1) is 13.4 Å². The second-order valence-electron chi connectivity index (χ2n) is 8.71. The molecule has 0 aliphatic carbocycles. The Kier molecular flexibility index (Phi) is 8.44. The van der Waals surface area contributed by atoms with E-state index in [1.165, 1.54) is 5.69 Å². The van der Waals surface area contributed by atoms with Crippen molar-refractivity contribution in [1.82, 2.24) is 19.8 Å². The highest BCUT2D eigenvalue weighted by Gasteiger charge is 2.14. The number of thiocarbonyl (C=S) groups is 1. The van der Waals surface area contributed by atoms with Crippen LogP contribution in [-0.4, -0.2) is 66.4 Å². The van der Waals surface area contributed by atoms with Gasteiger partial charge in [-0.1, -0.05) is 0 Å². The van der Waals surface area contributed by atoms with Crippen LogP contribution in [0.1, 0.15) is 12.1 Å². The van der Waals surface area contributed by atoms with E-state index in [0.29, 0.717) is 16.6 Å². The highest BCUT2D eigenvalue weighted by atomic mass is 32.1. The number of ether oxygens (including phenoxy) is 2. The van der Waals surface area contributed by atoms with Crippen molar-refractivity contribution < 1.29 is 9.47 Å². The second-order valence-corrected chi connectivity index (χ2v) is 9.12. The summed E-state index contributed by atoms with van der Waals surface area (Å²) >= 11 is 5.44. The van der Waals surface area contributed by atoms with Gasteiger partial charge in [-0.25, -0.2) is 4.98 Å². The minimum Gasteiger partial charge on any atom is -0.493 e. The molecule has 0 amide bonds. The number of hydrogen-bond acceptors (Lipinski definition) is 6. The lowest BCUT2D eigenvalue weighted by atomic mass is 10.2. The van der Waals surface area contributed by atoms with Crippen LogP contribution in [0.5, 0.6) is 17.2 Å². The first-order valence-corrected chi connectivity index (χ1v) is 12.3. The summed E-state index contributed by atoms with van der Waals surface area (Å²) < 4.78 is 13.8. The van der Waals surface area contributed by atoms with Crippen LogP contribution in [-0.2, 0) is 6.54 Å². The molecule has 35 heavy (non-hydrogen) atoms. The number of benzene rings is 2. The van der Waals surface area contributed by atoms with Crippen LogP contribution in [0.2, 0.25) is 0 Å². The van der Waals surface area contributed by atoms with E-state index in [2.05, 4.69) is 56.1 Å². The first-order valence-electron chi connectivity index (χ1n) is 11.9. The lowest BCUT2D eigenvalue weighted by molar-refractivity contribution is 0.313. The van der Waals surface area contributed by atoms with Crippen molar-refractivity contribution in [2.24, 2.45) is 0 Å². The summed E-state index contributed by atoms with van der Waals surface area (Å²) in [6.45, 7) is 7.97. The van der Waals surface area contributed by atoms with Crippen LogP contribution in [0.25, 0.3) is 0 Å². The minimum atomic E-state index is 0.572. The van der Waals surface area contributed by atoms with Crippen molar-refractivity contribution in [3.8, 4) is 17.2 Å². The van der Waals surface area contributed by atoms with E-state index in [4.69, 9.17) is 21.7 Å². The molecule has 1 fully saturated rings. The van der Waals surface area contributed by atoms with Crippen LogP contribution in [0.15, 0.2) is 55.0 Å². The van der Waals surface area contributed by atoms with E-state index in [-0.39, 0.29) is 0 Å². The predicted octanol–water partition coefficient (Wildman–Crippen LogP) is 4.12. The summed E-state index contributed by atoms with van der Waals surface area (Å²) in [6, 6.07) is 13.9. The number of anilines is 2. The Labute approximate surface area is 212 Å². The van der Waals surface area contributed by atoms with Crippen molar-refractivity contribution in [2.75, 3.05) is 57.1 Å². The summed E-state index contributed by atoms with van der Waals surface area (Å²) in [6.07, 6.45) is 4.66. The third-order valence-corrected chi connectivity index (χ3v) is 6.38. The third kappa shape index (κ3) is 6.86. The van der Waals surface area contributed by atoms with E-state index in [1.54, 1.807) is 7.11 Å². The van der Waals surface area contributed by atoms with Crippen molar-refractivity contribution in [3.63, 3.8) is 0 Å². The van der Waals surface area contributed by atoms with Crippen molar-refractivity contribution in [1.29, 1.82) is 0 Å². The van der Waals surface area contributed by atoms with E-state index < -0.39 is 0 Å². The van der Waals surface area contributed by atoms with Gasteiger partial charge in [0, 0.05) is 68.6 Å². The fraction of sp³-hybridized carbons (Fsp3) is 0.385. The molecule has 0 saturated carbocycles. The molecule has 4 rings (SSSR count). The summed E-state index contributed by atoms with van der Waals surface area (Å²) in [5.41, 5.74) is 3.21. The number of aryl methyl sites for hydroxylation is 2. The van der Waals surface area contributed by atoms with Crippen LogP contribution in [0.4, 0.5) is 11.4 Å². The molecule has 8 nitrogen and oxygen atoms in total. The van der Waals surface area contributed by atoms with Gasteiger partial charge in [-0.2, -0.15) is 0 Å². The maximum absolute atomic E-state index is 6.11. The molecule has 186 valence electrons. The molecule has 3 aromatic rings. The smallest absolute Gasteiger partial charge is 0.170 e. The van der Waals surface area contributed by atoms with Gasteiger partial charge in [0.1, 0.15) is 5.75 Å². The van der Waals surface area contributed by atoms with E-state index in [0.717, 1.165) is 62.8 Å². The van der Waals surface area contributed by atoms with Crippen molar-refractivity contribution in [2.45, 2.75) is 19.9 Å². The lowest BCUT2D eigenvalue weighted by Gasteiger charge is -2.34. The summed E-state index contributed by atoms with van der Waals surface area (Å²) in [5.74, 6) is 2.06. The monoisotopic (exact) mass is 494 g/mol. The van der Waals surface area contributed by atoms with Gasteiger partial charge in [-0.15, -0.1) is 0 Å². The summed E-state index contributed by atoms with van der Waals surface area (Å²) in [7, 11) is 3.80. The normalized spacial score (nSPS) is 14.0. The molecule has 1 aliphatic rings. The summed E-state index contributed by atoms with van der Waals surface area (Å²) in [5, 5.41) is 7.04. The molecule has 1 aliphatic heterocycles.